The molecule has 6 nitrogen and oxygen atoms in total. The summed E-state index contributed by atoms with van der Waals surface area (Å²) in [5, 5.41) is 13.0. The fourth-order valence-corrected chi connectivity index (χ4v) is 2.63. The van der Waals surface area contributed by atoms with E-state index in [4.69, 9.17) is 0 Å². The quantitative estimate of drug-likeness (QED) is 0.363. The number of ketones is 1. The van der Waals surface area contributed by atoms with Gasteiger partial charge in [-0.1, -0.05) is 6.07 Å². The van der Waals surface area contributed by atoms with Gasteiger partial charge in [0.15, 0.2) is 5.78 Å². The average Bonchev–Trinajstić information content (AvgIpc) is 2.55. The zero-order valence-corrected chi connectivity index (χ0v) is 13.7. The molecule has 130 valence electrons. The highest BCUT2D eigenvalue weighted by Gasteiger charge is 2.16. The van der Waals surface area contributed by atoms with Crippen molar-refractivity contribution in [3.8, 4) is 0 Å². The highest BCUT2D eigenvalue weighted by molar-refractivity contribution is 8.00. The molecule has 0 fully saturated rings. The van der Waals surface area contributed by atoms with Crippen molar-refractivity contribution in [3.63, 3.8) is 0 Å². The average molecular weight is 366 g/mol. The van der Waals surface area contributed by atoms with Crippen molar-refractivity contribution in [3.05, 3.63) is 63.7 Å². The first-order valence-corrected chi connectivity index (χ1v) is 7.93. The van der Waals surface area contributed by atoms with Crippen LogP contribution in [0.3, 0.4) is 0 Å². The normalized spacial score (nSPS) is 10.4. The SMILES string of the molecule is CC(=O)c1ccc(SCC(=O)Nc2ccc(F)c([N+](=O)[O-])c2)c(F)c1. The van der Waals surface area contributed by atoms with Crippen molar-refractivity contribution in [2.75, 3.05) is 11.1 Å². The van der Waals surface area contributed by atoms with Crippen molar-refractivity contribution >= 4 is 34.8 Å². The maximum absolute atomic E-state index is 13.9. The van der Waals surface area contributed by atoms with Gasteiger partial charge in [0, 0.05) is 22.2 Å². The van der Waals surface area contributed by atoms with Crippen molar-refractivity contribution in [1.82, 2.24) is 0 Å². The van der Waals surface area contributed by atoms with Crippen LogP contribution in [-0.2, 0) is 4.79 Å². The number of thioether (sulfide) groups is 1. The van der Waals surface area contributed by atoms with Gasteiger partial charge >= 0.3 is 5.69 Å². The monoisotopic (exact) mass is 366 g/mol. The zero-order chi connectivity index (χ0) is 18.6. The molecule has 1 N–H and O–H groups in total. The number of benzene rings is 2. The van der Waals surface area contributed by atoms with E-state index >= 15 is 0 Å². The molecule has 0 saturated heterocycles. The van der Waals surface area contributed by atoms with E-state index in [1.165, 1.54) is 25.1 Å². The summed E-state index contributed by atoms with van der Waals surface area (Å²) in [4.78, 5) is 33.0. The first kappa shape index (κ1) is 18.5. The topological polar surface area (TPSA) is 89.3 Å². The van der Waals surface area contributed by atoms with Crippen molar-refractivity contribution in [2.24, 2.45) is 0 Å². The molecule has 2 aromatic carbocycles. The molecule has 0 bridgehead atoms. The Morgan fingerprint density at radius 1 is 1.16 bits per heavy atom. The molecule has 9 heteroatoms. The summed E-state index contributed by atoms with van der Waals surface area (Å²) in [6.45, 7) is 1.32. The number of Topliss-reactive ketones (excluding diaryl/α,β-unsaturated/α-hetero) is 1. The van der Waals surface area contributed by atoms with Crippen molar-refractivity contribution in [2.45, 2.75) is 11.8 Å². The molecule has 0 aliphatic rings. The molecule has 2 rings (SSSR count). The number of nitro groups is 1. The number of halogens is 2. The van der Waals surface area contributed by atoms with Crippen LogP contribution in [0, 0.1) is 21.7 Å². The van der Waals surface area contributed by atoms with E-state index in [-0.39, 0.29) is 27.7 Å². The molecule has 0 heterocycles. The minimum absolute atomic E-state index is 0.0612. The predicted molar refractivity (Wildman–Crippen MR) is 88.8 cm³/mol. The molecule has 25 heavy (non-hydrogen) atoms. The Bertz CT molecular complexity index is 858. The molecule has 1 amide bonds. The molecule has 0 unspecified atom stereocenters. The Balaban J connectivity index is 2.01. The fraction of sp³-hybridized carbons (Fsp3) is 0.125. The van der Waals surface area contributed by atoms with Gasteiger partial charge in [-0.15, -0.1) is 11.8 Å². The maximum Gasteiger partial charge on any atom is 0.306 e. The van der Waals surface area contributed by atoms with Crippen LogP contribution in [0.4, 0.5) is 20.2 Å². The van der Waals surface area contributed by atoms with Gasteiger partial charge in [-0.2, -0.15) is 4.39 Å². The van der Waals surface area contributed by atoms with E-state index in [9.17, 15) is 28.5 Å². The largest absolute Gasteiger partial charge is 0.325 e. The Morgan fingerprint density at radius 2 is 1.88 bits per heavy atom. The molecule has 2 aromatic rings. The van der Waals surface area contributed by atoms with Crippen molar-refractivity contribution < 1.29 is 23.3 Å². The van der Waals surface area contributed by atoms with Gasteiger partial charge < -0.3 is 5.32 Å². The van der Waals surface area contributed by atoms with Crippen LogP contribution in [0.5, 0.6) is 0 Å². The Hall–Kier alpha value is -2.81. The Morgan fingerprint density at radius 3 is 2.48 bits per heavy atom. The van der Waals surface area contributed by atoms with Gasteiger partial charge in [0.2, 0.25) is 11.7 Å². The van der Waals surface area contributed by atoms with Crippen LogP contribution in [0.1, 0.15) is 17.3 Å². The second-order valence-electron chi connectivity index (χ2n) is 4.96. The summed E-state index contributed by atoms with van der Waals surface area (Å²) < 4.78 is 27.1. The number of anilines is 1. The number of carbonyl (C=O) groups is 2. The molecule has 0 saturated carbocycles. The minimum atomic E-state index is -1.01. The van der Waals surface area contributed by atoms with Crippen LogP contribution in [-0.4, -0.2) is 22.4 Å². The summed E-state index contributed by atoms with van der Waals surface area (Å²) in [5.74, 6) is -2.61. The number of rotatable bonds is 6. The zero-order valence-electron chi connectivity index (χ0n) is 12.9. The molecule has 0 radical (unpaired) electrons. The van der Waals surface area contributed by atoms with Gasteiger partial charge in [-0.25, -0.2) is 4.39 Å². The van der Waals surface area contributed by atoms with Crippen LogP contribution < -0.4 is 5.32 Å². The third kappa shape index (κ3) is 4.83. The highest BCUT2D eigenvalue weighted by Crippen LogP contribution is 2.24. The second-order valence-corrected chi connectivity index (χ2v) is 5.98. The number of nitrogens with one attached hydrogen (secondary N) is 1. The molecule has 0 aliphatic heterocycles. The van der Waals surface area contributed by atoms with E-state index in [1.807, 2.05) is 0 Å². The van der Waals surface area contributed by atoms with Gasteiger partial charge in [-0.3, -0.25) is 19.7 Å². The molecule has 0 spiro atoms. The smallest absolute Gasteiger partial charge is 0.306 e. The van der Waals surface area contributed by atoms with Crippen LogP contribution in [0.15, 0.2) is 41.3 Å². The molecular formula is C16H12F2N2O4S. The number of carbonyl (C=O) groups excluding carboxylic acids is 2. The maximum atomic E-state index is 13.9. The lowest BCUT2D eigenvalue weighted by Crippen LogP contribution is -2.14. The summed E-state index contributed by atoms with van der Waals surface area (Å²) >= 11 is 0.902. The van der Waals surface area contributed by atoms with E-state index < -0.39 is 28.2 Å². The molecular weight excluding hydrogens is 354 g/mol. The highest BCUT2D eigenvalue weighted by atomic mass is 32.2. The number of nitrogens with zero attached hydrogens (tertiary/aromatic N) is 1. The summed E-state index contributed by atoms with van der Waals surface area (Å²) in [6, 6.07) is 6.90. The lowest BCUT2D eigenvalue weighted by Gasteiger charge is -2.07. The summed E-state index contributed by atoms with van der Waals surface area (Å²) in [6.07, 6.45) is 0. The van der Waals surface area contributed by atoms with Crippen LogP contribution in [0.25, 0.3) is 0 Å². The Kier molecular flexibility index (Phi) is 5.81. The number of hydrogen-bond acceptors (Lipinski definition) is 5. The third-order valence-corrected chi connectivity index (χ3v) is 4.17. The second kappa shape index (κ2) is 7.84. The first-order chi connectivity index (χ1) is 11.8. The minimum Gasteiger partial charge on any atom is -0.325 e. The summed E-state index contributed by atoms with van der Waals surface area (Å²) in [5.41, 5.74) is -0.465. The lowest BCUT2D eigenvalue weighted by molar-refractivity contribution is -0.387. The van der Waals surface area contributed by atoms with Gasteiger partial charge in [0.05, 0.1) is 10.7 Å². The molecule has 0 aliphatic carbocycles. The van der Waals surface area contributed by atoms with Crippen molar-refractivity contribution in [1.29, 1.82) is 0 Å². The van der Waals surface area contributed by atoms with E-state index in [1.54, 1.807) is 0 Å². The third-order valence-electron chi connectivity index (χ3n) is 3.12. The van der Waals surface area contributed by atoms with E-state index in [0.29, 0.717) is 0 Å². The molecule has 0 aromatic heterocycles. The van der Waals surface area contributed by atoms with Gasteiger partial charge in [0.1, 0.15) is 5.82 Å². The van der Waals surface area contributed by atoms with E-state index in [2.05, 4.69) is 5.32 Å². The fourth-order valence-electron chi connectivity index (χ4n) is 1.91. The predicted octanol–water partition coefficient (Wildman–Crippen LogP) is 3.81. The van der Waals surface area contributed by atoms with Gasteiger partial charge in [0.25, 0.3) is 0 Å². The van der Waals surface area contributed by atoms with Crippen LogP contribution >= 0.6 is 11.8 Å². The van der Waals surface area contributed by atoms with Crippen LogP contribution in [0.2, 0.25) is 0 Å². The van der Waals surface area contributed by atoms with E-state index in [0.717, 1.165) is 30.0 Å². The first-order valence-electron chi connectivity index (χ1n) is 6.95. The lowest BCUT2D eigenvalue weighted by atomic mass is 10.1. The number of nitro benzene ring substituents is 1. The Labute approximate surface area is 145 Å². The number of hydrogen-bond donors (Lipinski definition) is 1. The standard InChI is InChI=1S/C16H12F2N2O4S/c1-9(21)10-2-5-15(13(18)6-10)25-8-16(22)19-11-3-4-12(17)14(7-11)20(23)24/h2-7H,8H2,1H3,(H,19,22). The number of amides is 1. The van der Waals surface area contributed by atoms with Gasteiger partial charge in [-0.05, 0) is 31.2 Å². The summed E-state index contributed by atoms with van der Waals surface area (Å²) in [7, 11) is 0. The molecule has 0 atom stereocenters.